The van der Waals surface area contributed by atoms with E-state index in [1.165, 1.54) is 0 Å². The Labute approximate surface area is 104 Å². The van der Waals surface area contributed by atoms with Crippen LogP contribution in [-0.2, 0) is 11.2 Å². The molecule has 2 aliphatic rings. The minimum absolute atomic E-state index is 0.0215. The van der Waals surface area contributed by atoms with Crippen LogP contribution in [0.5, 0.6) is 0 Å². The molecule has 1 fully saturated rings. The van der Waals surface area contributed by atoms with Gasteiger partial charge >= 0.3 is 0 Å². The maximum atomic E-state index is 11.9. The summed E-state index contributed by atoms with van der Waals surface area (Å²) in [4.78, 5) is 11.9. The molecular weight excluding hydrogens is 226 g/mol. The van der Waals surface area contributed by atoms with Crippen molar-refractivity contribution in [3.8, 4) is 0 Å². The highest BCUT2D eigenvalue weighted by Gasteiger charge is 2.32. The van der Waals surface area contributed by atoms with Gasteiger partial charge in [-0.3, -0.25) is 4.79 Å². The van der Waals surface area contributed by atoms with Crippen LogP contribution in [0.3, 0.4) is 0 Å². The van der Waals surface area contributed by atoms with Crippen LogP contribution in [0.2, 0.25) is 0 Å². The number of hydrogen-bond acceptors (Lipinski definition) is 3. The van der Waals surface area contributed by atoms with Gasteiger partial charge in [-0.25, -0.2) is 0 Å². The van der Waals surface area contributed by atoms with Crippen molar-refractivity contribution in [2.45, 2.75) is 12.8 Å². The number of Topliss-reactive ketones (excluding diaryl/α,β-unsaturated/α-hetero) is 1. The first-order valence-electron chi connectivity index (χ1n) is 6.31. The number of carbonyl (C=O) groups is 1. The number of carbonyl (C=O) groups excluding carboxylic acids is 1. The third-order valence-electron chi connectivity index (χ3n) is 3.86. The largest absolute Gasteiger partial charge is 0.460 e. The lowest BCUT2D eigenvalue weighted by Crippen LogP contribution is -2.37. The summed E-state index contributed by atoms with van der Waals surface area (Å²) in [6.45, 7) is 0.756. The lowest BCUT2D eigenvalue weighted by atomic mass is 9.84. The third kappa shape index (κ3) is 1.27. The second-order valence-electron chi connectivity index (χ2n) is 4.93. The van der Waals surface area contributed by atoms with Gasteiger partial charge in [0.15, 0.2) is 0 Å². The molecule has 1 aromatic heterocycles. The van der Waals surface area contributed by atoms with Crippen molar-refractivity contribution in [2.75, 3.05) is 6.54 Å². The molecule has 2 heterocycles. The van der Waals surface area contributed by atoms with Crippen molar-refractivity contribution in [1.29, 1.82) is 0 Å². The van der Waals surface area contributed by atoms with Crippen LogP contribution in [0.1, 0.15) is 17.7 Å². The predicted molar refractivity (Wildman–Crippen MR) is 69.0 cm³/mol. The zero-order valence-corrected chi connectivity index (χ0v) is 9.90. The number of benzene rings is 1. The van der Waals surface area contributed by atoms with Gasteiger partial charge in [0.25, 0.3) is 0 Å². The van der Waals surface area contributed by atoms with Crippen LogP contribution in [0.4, 0.5) is 0 Å². The number of rotatable bonds is 0. The first-order chi connectivity index (χ1) is 8.83. The quantitative estimate of drug-likeness (QED) is 0.768. The zero-order chi connectivity index (χ0) is 12.1. The summed E-state index contributed by atoms with van der Waals surface area (Å²) in [5, 5.41) is 4.48. The monoisotopic (exact) mass is 239 g/mol. The summed E-state index contributed by atoms with van der Waals surface area (Å²) >= 11 is 0. The molecule has 0 spiro atoms. The molecule has 90 valence electrons. The standard InChI is InChI=1S/C15H13NO2/c17-13-5-6-16-12-7-10-9-3-1-2-4-14(9)18-15(10)8-11(12)13/h1-4,7,11,16H,5-6,8H2. The normalized spacial score (nSPS) is 22.1. The van der Waals surface area contributed by atoms with Crippen molar-refractivity contribution < 1.29 is 9.21 Å². The van der Waals surface area contributed by atoms with E-state index in [0.717, 1.165) is 34.5 Å². The Hall–Kier alpha value is -2.03. The van der Waals surface area contributed by atoms with Crippen molar-refractivity contribution in [2.24, 2.45) is 5.92 Å². The summed E-state index contributed by atoms with van der Waals surface area (Å²) in [5.41, 5.74) is 3.11. The molecular formula is C15H13NO2. The van der Waals surface area contributed by atoms with Crippen molar-refractivity contribution in [3.05, 3.63) is 41.3 Å². The maximum Gasteiger partial charge on any atom is 0.144 e. The lowest BCUT2D eigenvalue weighted by molar-refractivity contribution is -0.122. The molecule has 1 atom stereocenters. The molecule has 0 radical (unpaired) electrons. The van der Waals surface area contributed by atoms with E-state index in [1.807, 2.05) is 18.2 Å². The van der Waals surface area contributed by atoms with Gasteiger partial charge in [-0.1, -0.05) is 18.2 Å². The number of piperidine rings is 1. The lowest BCUT2D eigenvalue weighted by Gasteiger charge is -2.28. The molecule has 1 N–H and O–H groups in total. The second kappa shape index (κ2) is 3.48. The summed E-state index contributed by atoms with van der Waals surface area (Å²) in [5.74, 6) is 1.25. The number of fused-ring (bicyclic) bond motifs is 4. The van der Waals surface area contributed by atoms with E-state index in [9.17, 15) is 4.79 Å². The van der Waals surface area contributed by atoms with Gasteiger partial charge in [0.1, 0.15) is 17.1 Å². The first-order valence-corrected chi connectivity index (χ1v) is 6.31. The number of hydrogen-bond donors (Lipinski definition) is 1. The highest BCUT2D eigenvalue weighted by Crippen LogP contribution is 2.36. The van der Waals surface area contributed by atoms with Gasteiger partial charge < -0.3 is 9.73 Å². The molecule has 3 heteroatoms. The molecule has 2 aromatic rings. The fourth-order valence-electron chi connectivity index (χ4n) is 2.94. The number of ketones is 1. The summed E-state index contributed by atoms with van der Waals surface area (Å²) in [6.07, 6.45) is 3.41. The number of para-hydroxylation sites is 1. The number of furan rings is 1. The van der Waals surface area contributed by atoms with Crippen molar-refractivity contribution >= 4 is 22.8 Å². The van der Waals surface area contributed by atoms with Gasteiger partial charge in [0.05, 0.1) is 5.92 Å². The minimum atomic E-state index is -0.0215. The average Bonchev–Trinajstić information content (AvgIpc) is 2.75. The van der Waals surface area contributed by atoms with Gasteiger partial charge in [-0.15, -0.1) is 0 Å². The molecule has 0 amide bonds. The maximum absolute atomic E-state index is 11.9. The van der Waals surface area contributed by atoms with E-state index >= 15 is 0 Å². The van der Waals surface area contributed by atoms with Gasteiger partial charge in [-0.05, 0) is 12.1 Å². The van der Waals surface area contributed by atoms with Crippen LogP contribution < -0.4 is 5.32 Å². The molecule has 18 heavy (non-hydrogen) atoms. The molecule has 1 unspecified atom stereocenters. The van der Waals surface area contributed by atoms with E-state index in [4.69, 9.17) is 4.42 Å². The topological polar surface area (TPSA) is 42.2 Å². The van der Waals surface area contributed by atoms with Crippen molar-refractivity contribution in [3.63, 3.8) is 0 Å². The molecule has 4 rings (SSSR count). The Morgan fingerprint density at radius 2 is 2.17 bits per heavy atom. The minimum Gasteiger partial charge on any atom is -0.460 e. The highest BCUT2D eigenvalue weighted by atomic mass is 16.3. The Bertz CT molecular complexity index is 681. The number of nitrogens with one attached hydrogen (secondary N) is 1. The SMILES string of the molecule is O=C1CCNC2=Cc3c(oc4ccccc34)CC12. The van der Waals surface area contributed by atoms with Crippen LogP contribution >= 0.6 is 0 Å². The van der Waals surface area contributed by atoms with E-state index < -0.39 is 0 Å². The molecule has 1 saturated heterocycles. The van der Waals surface area contributed by atoms with E-state index in [-0.39, 0.29) is 5.92 Å². The Morgan fingerprint density at radius 1 is 1.28 bits per heavy atom. The summed E-state index contributed by atoms with van der Waals surface area (Å²) < 4.78 is 5.86. The van der Waals surface area contributed by atoms with Crippen molar-refractivity contribution in [1.82, 2.24) is 5.32 Å². The van der Waals surface area contributed by atoms with E-state index in [1.54, 1.807) is 0 Å². The number of allylic oxidation sites excluding steroid dienone is 1. The Kier molecular flexibility index (Phi) is 1.92. The van der Waals surface area contributed by atoms with Gasteiger partial charge in [0, 0.05) is 36.0 Å². The van der Waals surface area contributed by atoms with Gasteiger partial charge in [0.2, 0.25) is 0 Å². The smallest absolute Gasteiger partial charge is 0.144 e. The zero-order valence-electron chi connectivity index (χ0n) is 9.90. The molecule has 0 bridgehead atoms. The summed E-state index contributed by atoms with van der Waals surface area (Å²) in [7, 11) is 0. The highest BCUT2D eigenvalue weighted by molar-refractivity contribution is 5.93. The molecule has 1 aromatic carbocycles. The Morgan fingerprint density at radius 3 is 3.11 bits per heavy atom. The predicted octanol–water partition coefficient (Wildman–Crippen LogP) is 2.51. The van der Waals surface area contributed by atoms with Crippen LogP contribution in [0.15, 0.2) is 34.4 Å². The van der Waals surface area contributed by atoms with Gasteiger partial charge in [-0.2, -0.15) is 0 Å². The molecule has 3 nitrogen and oxygen atoms in total. The Balaban J connectivity index is 1.93. The average molecular weight is 239 g/mol. The third-order valence-corrected chi connectivity index (χ3v) is 3.86. The molecule has 1 aliphatic carbocycles. The molecule has 1 aliphatic heterocycles. The fraction of sp³-hybridized carbons (Fsp3) is 0.267. The first kappa shape index (κ1) is 9.95. The van der Waals surface area contributed by atoms with E-state index in [0.29, 0.717) is 18.6 Å². The van der Waals surface area contributed by atoms with Crippen LogP contribution in [-0.4, -0.2) is 12.3 Å². The van der Waals surface area contributed by atoms with Crippen LogP contribution in [0.25, 0.3) is 17.0 Å². The molecule has 0 saturated carbocycles. The van der Waals surface area contributed by atoms with E-state index in [2.05, 4.69) is 17.5 Å². The second-order valence-corrected chi connectivity index (χ2v) is 4.93. The summed E-state index contributed by atoms with van der Waals surface area (Å²) in [6, 6.07) is 8.04. The fourth-order valence-corrected chi connectivity index (χ4v) is 2.94. The van der Waals surface area contributed by atoms with Crippen LogP contribution in [0, 0.1) is 5.92 Å².